The average molecular weight is 951 g/mol. The third-order valence-electron chi connectivity index (χ3n) is 6.13. The molecule has 10 heterocycles. The van der Waals surface area contributed by atoms with Gasteiger partial charge in [0.25, 0.3) is 0 Å². The summed E-state index contributed by atoms with van der Waals surface area (Å²) in [6, 6.07) is 3.60. The molecule has 30 nitrogen and oxygen atoms in total. The molecule has 0 amide bonds. The molecule has 0 radical (unpaired) electrons. The average Bonchev–Trinajstić information content (AvgIpc) is 3.38. The molecule has 30 heteroatoms. The summed E-state index contributed by atoms with van der Waals surface area (Å²) in [4.78, 5) is 49.1. The van der Waals surface area contributed by atoms with Crippen molar-refractivity contribution in [3.63, 3.8) is 0 Å². The third-order valence-corrected chi connectivity index (χ3v) is 6.13. The van der Waals surface area contributed by atoms with Gasteiger partial charge in [-0.1, -0.05) is 0 Å². The van der Waals surface area contributed by atoms with Gasteiger partial charge in [-0.15, -0.1) is 56.1 Å². The molecule has 10 aromatic heterocycles. The number of nitrogens with zero attached hydrogens (tertiary/aromatic N) is 30. The molecule has 0 N–H and O–H groups in total. The van der Waals surface area contributed by atoms with E-state index in [1.54, 1.807) is 94.1 Å². The van der Waals surface area contributed by atoms with Crippen LogP contribution in [0.15, 0.2) is 125 Å². The van der Waals surface area contributed by atoms with Crippen molar-refractivity contribution < 1.29 is 0 Å². The Hall–Kier alpha value is -9.90. The smallest absolute Gasteiger partial charge is 0.170 e. The molecule has 0 saturated heterocycles. The number of aromatic nitrogens is 30. The molecule has 10 aromatic rings. The summed E-state index contributed by atoms with van der Waals surface area (Å²) in [5, 5.41) is 59.5. The van der Waals surface area contributed by atoms with E-state index in [1.165, 1.54) is 44.3 Å². The maximum absolute atomic E-state index is 3.92. The Morgan fingerprint density at radius 1 is 0.243 bits per heavy atom. The van der Waals surface area contributed by atoms with Crippen LogP contribution >= 0.6 is 0 Å². The molecule has 360 valence electrons. The molecule has 0 bridgehead atoms. The van der Waals surface area contributed by atoms with Crippen molar-refractivity contribution in [3.8, 4) is 0 Å². The van der Waals surface area contributed by atoms with Gasteiger partial charge in [0.1, 0.15) is 61.3 Å². The highest BCUT2D eigenvalue weighted by Crippen LogP contribution is 1.83. The zero-order valence-corrected chi connectivity index (χ0v) is 40.0. The lowest BCUT2D eigenvalue weighted by molar-refractivity contribution is 0.742. The van der Waals surface area contributed by atoms with Crippen LogP contribution in [0.4, 0.5) is 0 Å². The largest absolute Gasteiger partial charge is 0.261 e. The summed E-state index contributed by atoms with van der Waals surface area (Å²) in [5.74, 6) is 3.65. The van der Waals surface area contributed by atoms with Gasteiger partial charge in [-0.05, 0) is 97.0 Å². The first kappa shape index (κ1) is 58.1. The van der Waals surface area contributed by atoms with Crippen LogP contribution in [0.25, 0.3) is 0 Å². The van der Waals surface area contributed by atoms with Crippen LogP contribution in [0.2, 0.25) is 0 Å². The fraction of sp³-hybridized carbons (Fsp3) is 0.250. The first-order valence-electron chi connectivity index (χ1n) is 19.9. The van der Waals surface area contributed by atoms with E-state index >= 15 is 0 Å². The molecule has 0 spiro atoms. The Bertz CT molecular complexity index is 1990. The molecule has 0 aliphatic rings. The predicted molar refractivity (Wildman–Crippen MR) is 246 cm³/mol. The summed E-state index contributed by atoms with van der Waals surface area (Å²) in [6.07, 6.45) is 28.1. The van der Waals surface area contributed by atoms with E-state index in [2.05, 4.69) is 152 Å². The van der Waals surface area contributed by atoms with Gasteiger partial charge in [-0.3, -0.25) is 9.97 Å². The standard InChI is InChI=1S/2C5H6N2.6C4H5N3.2C3H4N4/c1-5-4-6-2-3-7-5;1-5-6-3-2-4-7-5;2*1-4-6-2-5-3-7-4;1-4-2-6-7-3-5-4;1-4-2-5-3-6-7-4;1-4-5-2-3-6-7-4;1-4-2-3-5-7-6-4;1-3-6-4-2-5-7-3;1-3-2-4-6-7-5-3/h2*2-4H,1H3;6*2-3H,1H3;2*2H,1H3. The van der Waals surface area contributed by atoms with Crippen molar-refractivity contribution in [1.29, 1.82) is 0 Å². The van der Waals surface area contributed by atoms with Crippen molar-refractivity contribution >= 4 is 0 Å². The minimum atomic E-state index is 0.600. The van der Waals surface area contributed by atoms with Crippen molar-refractivity contribution in [2.24, 2.45) is 0 Å². The molecule has 10 rings (SSSR count). The van der Waals surface area contributed by atoms with Gasteiger partial charge in [-0.25, -0.2) is 54.8 Å². The van der Waals surface area contributed by atoms with E-state index in [9.17, 15) is 0 Å². The lowest BCUT2D eigenvalue weighted by Gasteiger charge is -1.81. The monoisotopic (exact) mass is 950 g/mol. The Morgan fingerprint density at radius 2 is 0.786 bits per heavy atom. The Labute approximate surface area is 402 Å². The van der Waals surface area contributed by atoms with E-state index in [4.69, 9.17) is 0 Å². The van der Waals surface area contributed by atoms with Crippen LogP contribution in [-0.2, 0) is 0 Å². The molecule has 70 heavy (non-hydrogen) atoms. The second-order valence-corrected chi connectivity index (χ2v) is 12.2. The van der Waals surface area contributed by atoms with Crippen molar-refractivity contribution in [2.45, 2.75) is 69.2 Å². The van der Waals surface area contributed by atoms with Crippen LogP contribution < -0.4 is 0 Å². The van der Waals surface area contributed by atoms with E-state index < -0.39 is 0 Å². The van der Waals surface area contributed by atoms with Gasteiger partial charge in [0.2, 0.25) is 0 Å². The normalized spacial score (nSPS) is 8.71. The maximum atomic E-state index is 3.92. The van der Waals surface area contributed by atoms with Gasteiger partial charge < -0.3 is 0 Å². The zero-order chi connectivity index (χ0) is 51.1. The molecular weight excluding hydrogens is 901 g/mol. The van der Waals surface area contributed by atoms with Gasteiger partial charge >= 0.3 is 0 Å². The summed E-state index contributed by atoms with van der Waals surface area (Å²) in [6.45, 7) is 18.3. The van der Waals surface area contributed by atoms with E-state index in [0.29, 0.717) is 11.6 Å². The molecular formula is C40H50N30. The summed E-state index contributed by atoms with van der Waals surface area (Å²) < 4.78 is 0. The summed E-state index contributed by atoms with van der Waals surface area (Å²) >= 11 is 0. The maximum Gasteiger partial charge on any atom is 0.170 e. The predicted octanol–water partition coefficient (Wildman–Crippen LogP) is 1.80. The summed E-state index contributed by atoms with van der Waals surface area (Å²) in [7, 11) is 0. The Balaban J connectivity index is 0.000000389. The molecule has 0 atom stereocenters. The first-order valence-corrected chi connectivity index (χ1v) is 19.9. The van der Waals surface area contributed by atoms with Crippen molar-refractivity contribution in [1.82, 2.24) is 152 Å². The second-order valence-electron chi connectivity index (χ2n) is 12.2. The highest BCUT2D eigenvalue weighted by molar-refractivity contribution is 4.90. The highest BCUT2D eigenvalue weighted by atomic mass is 15.4. The second kappa shape index (κ2) is 40.6. The number of rotatable bonds is 0. The topological polar surface area (TPSA) is 387 Å². The first-order chi connectivity index (χ1) is 33.9. The van der Waals surface area contributed by atoms with Crippen LogP contribution in [0.5, 0.6) is 0 Å². The molecule has 0 aromatic carbocycles. The van der Waals surface area contributed by atoms with E-state index in [-0.39, 0.29) is 0 Å². The van der Waals surface area contributed by atoms with Crippen molar-refractivity contribution in [2.75, 3.05) is 0 Å². The van der Waals surface area contributed by atoms with Gasteiger partial charge in [0.15, 0.2) is 12.2 Å². The van der Waals surface area contributed by atoms with Crippen LogP contribution in [-0.4, -0.2) is 152 Å². The summed E-state index contributed by atoms with van der Waals surface area (Å²) in [5.41, 5.74) is 4.39. The Kier molecular flexibility index (Phi) is 33.7. The molecule has 0 aliphatic heterocycles. The van der Waals surface area contributed by atoms with Crippen LogP contribution in [0.1, 0.15) is 57.6 Å². The minimum absolute atomic E-state index is 0.600. The van der Waals surface area contributed by atoms with Crippen molar-refractivity contribution in [3.05, 3.63) is 182 Å². The lowest BCUT2D eigenvalue weighted by Crippen LogP contribution is -1.90. The zero-order valence-electron chi connectivity index (χ0n) is 40.0. The van der Waals surface area contributed by atoms with Gasteiger partial charge in [-0.2, -0.15) is 15.3 Å². The van der Waals surface area contributed by atoms with Gasteiger partial charge in [0, 0.05) is 37.2 Å². The molecule has 0 fully saturated rings. The molecule has 0 unspecified atom stereocenters. The van der Waals surface area contributed by atoms with Crippen LogP contribution in [0.3, 0.4) is 0 Å². The quantitative estimate of drug-likeness (QED) is 0.209. The highest BCUT2D eigenvalue weighted by Gasteiger charge is 1.82. The van der Waals surface area contributed by atoms with Crippen LogP contribution in [0, 0.1) is 69.2 Å². The third kappa shape index (κ3) is 38.5. The fourth-order valence-electron chi connectivity index (χ4n) is 3.08. The molecule has 0 saturated carbocycles. The number of hydrogen-bond donors (Lipinski definition) is 0. The molecule has 0 aliphatic carbocycles. The SMILES string of the molecule is Cc1ccnnn1.Cc1cnccn1.Cc1cncnn1.Cc1cnncn1.Cc1cnnnn1.Cc1ncccn1.Cc1nccnn1.Cc1ncncn1.Cc1ncncn1.Cc1nncnn1. The van der Waals surface area contributed by atoms with Gasteiger partial charge in [0.05, 0.1) is 59.5 Å². The fourth-order valence-corrected chi connectivity index (χ4v) is 3.08. The number of aryl methyl sites for hydroxylation is 10. The Morgan fingerprint density at radius 3 is 1.04 bits per heavy atom. The number of hydrogen-bond acceptors (Lipinski definition) is 30. The lowest BCUT2D eigenvalue weighted by atomic mass is 10.5. The van der Waals surface area contributed by atoms with E-state index in [1.807, 2.05) is 55.4 Å². The minimum Gasteiger partial charge on any atom is -0.261 e. The van der Waals surface area contributed by atoms with E-state index in [0.717, 1.165) is 45.9 Å².